The number of benzene rings is 6. The summed E-state index contributed by atoms with van der Waals surface area (Å²) in [4.78, 5) is 2.64. The van der Waals surface area contributed by atoms with Crippen molar-refractivity contribution in [3.05, 3.63) is 150 Å². The predicted molar refractivity (Wildman–Crippen MR) is 222 cm³/mol. The monoisotopic (exact) mass is 701 g/mol. The van der Waals surface area contributed by atoms with Crippen molar-refractivity contribution in [1.82, 2.24) is 0 Å². The molecule has 258 valence electrons. The minimum absolute atomic E-state index is 0.0739. The zero-order valence-corrected chi connectivity index (χ0v) is 31.3. The van der Waals surface area contributed by atoms with Gasteiger partial charge in [-0.25, -0.2) is 0 Å². The van der Waals surface area contributed by atoms with Gasteiger partial charge in [0.15, 0.2) is 0 Å². The lowest BCUT2D eigenvalue weighted by molar-refractivity contribution is -0.0202. The highest BCUT2D eigenvalue weighted by Gasteiger charge is 2.75. The van der Waals surface area contributed by atoms with E-state index in [9.17, 15) is 0 Å². The van der Waals surface area contributed by atoms with Crippen molar-refractivity contribution < 1.29 is 0 Å². The van der Waals surface area contributed by atoms with Crippen LogP contribution >= 0.6 is 11.3 Å². The third-order valence-corrected chi connectivity index (χ3v) is 17.0. The zero-order chi connectivity index (χ0) is 34.8. The number of anilines is 3. The highest BCUT2D eigenvalue weighted by molar-refractivity contribution is 7.25. The Hall–Kier alpha value is -4.66. The van der Waals surface area contributed by atoms with Crippen molar-refractivity contribution in [3.8, 4) is 22.3 Å². The Morgan fingerprint density at radius 3 is 2.23 bits per heavy atom. The second kappa shape index (κ2) is 9.90. The third-order valence-electron chi connectivity index (χ3n) is 15.9. The van der Waals surface area contributed by atoms with Crippen LogP contribution in [0.3, 0.4) is 0 Å². The SMILES string of the molecule is CC1(C)c2ccccc2-c2ccc(N(c3ccc4sc5ccccc5c4c3)c3cccc4c3-c3ccccc3C43C4CCC5CC6CC3C6(C5)C4)cc21. The molecule has 6 aliphatic carbocycles. The van der Waals surface area contributed by atoms with Gasteiger partial charge in [-0.05, 0) is 143 Å². The molecular weight excluding hydrogens is 659 g/mol. The van der Waals surface area contributed by atoms with E-state index < -0.39 is 0 Å². The molecule has 6 unspecified atom stereocenters. The molecule has 6 aliphatic rings. The molecule has 0 N–H and O–H groups in total. The van der Waals surface area contributed by atoms with Gasteiger partial charge in [-0.15, -0.1) is 11.3 Å². The zero-order valence-electron chi connectivity index (χ0n) is 30.5. The van der Waals surface area contributed by atoms with Crippen molar-refractivity contribution in [3.63, 3.8) is 0 Å². The van der Waals surface area contributed by atoms with Gasteiger partial charge in [0.2, 0.25) is 0 Å². The Bertz CT molecular complexity index is 2730. The predicted octanol–water partition coefficient (Wildman–Crippen LogP) is 13.9. The Morgan fingerprint density at radius 2 is 1.30 bits per heavy atom. The largest absolute Gasteiger partial charge is 0.310 e. The van der Waals surface area contributed by atoms with E-state index in [0.29, 0.717) is 5.41 Å². The molecule has 1 nitrogen and oxygen atoms in total. The summed E-state index contributed by atoms with van der Waals surface area (Å²) in [5, 5.41) is 2.70. The fourth-order valence-electron chi connectivity index (χ4n) is 14.0. The van der Waals surface area contributed by atoms with Gasteiger partial charge < -0.3 is 4.90 Å². The summed E-state index contributed by atoms with van der Waals surface area (Å²) in [6.07, 6.45) is 8.69. The number of rotatable bonds is 3. The Kier molecular flexibility index (Phi) is 5.56. The highest BCUT2D eigenvalue weighted by atomic mass is 32.1. The van der Waals surface area contributed by atoms with Crippen LogP contribution < -0.4 is 4.90 Å². The molecule has 3 bridgehead atoms. The molecule has 7 aromatic rings. The number of nitrogens with zero attached hydrogens (tertiary/aromatic N) is 1. The minimum atomic E-state index is -0.0739. The van der Waals surface area contributed by atoms with E-state index in [2.05, 4.69) is 146 Å². The van der Waals surface area contributed by atoms with E-state index in [-0.39, 0.29) is 10.8 Å². The number of hydrogen-bond acceptors (Lipinski definition) is 2. The normalized spacial score (nSPS) is 28.8. The average Bonchev–Trinajstić information content (AvgIpc) is 3.87. The van der Waals surface area contributed by atoms with E-state index >= 15 is 0 Å². The van der Waals surface area contributed by atoms with Gasteiger partial charge in [0, 0.05) is 47.9 Å². The second-order valence-corrected chi connectivity index (χ2v) is 19.2. The highest BCUT2D eigenvalue weighted by Crippen LogP contribution is 2.82. The Balaban J connectivity index is 1.08. The fourth-order valence-corrected chi connectivity index (χ4v) is 15.0. The van der Waals surface area contributed by atoms with Gasteiger partial charge in [0.25, 0.3) is 0 Å². The molecule has 4 fully saturated rings. The first-order valence-electron chi connectivity index (χ1n) is 20.2. The summed E-state index contributed by atoms with van der Waals surface area (Å²) < 4.78 is 2.71. The van der Waals surface area contributed by atoms with E-state index in [4.69, 9.17) is 0 Å². The molecule has 2 spiro atoms. The maximum absolute atomic E-state index is 2.64. The second-order valence-electron chi connectivity index (χ2n) is 18.1. The van der Waals surface area contributed by atoms with Gasteiger partial charge >= 0.3 is 0 Å². The molecule has 1 aromatic heterocycles. The van der Waals surface area contributed by atoms with Crippen LogP contribution in [0.15, 0.2) is 127 Å². The average molecular weight is 702 g/mol. The van der Waals surface area contributed by atoms with Crippen molar-refractivity contribution in [2.45, 2.75) is 63.2 Å². The molecular formula is C51H43NS. The summed E-state index contributed by atoms with van der Waals surface area (Å²) in [6.45, 7) is 4.82. The van der Waals surface area contributed by atoms with Gasteiger partial charge in [0.1, 0.15) is 0 Å². The quantitative estimate of drug-likeness (QED) is 0.177. The van der Waals surface area contributed by atoms with Crippen LogP contribution in [-0.4, -0.2) is 0 Å². The van der Waals surface area contributed by atoms with Crippen LogP contribution in [0.4, 0.5) is 17.1 Å². The van der Waals surface area contributed by atoms with E-state index in [1.807, 2.05) is 11.3 Å². The fraction of sp³-hybridized carbons (Fsp3) is 0.294. The summed E-state index contributed by atoms with van der Waals surface area (Å²) >= 11 is 1.91. The molecule has 13 rings (SSSR count). The molecule has 1 heterocycles. The van der Waals surface area contributed by atoms with Crippen LogP contribution in [0.1, 0.15) is 74.6 Å². The van der Waals surface area contributed by atoms with Crippen LogP contribution in [0.5, 0.6) is 0 Å². The van der Waals surface area contributed by atoms with E-state index in [0.717, 1.165) is 23.7 Å². The summed E-state index contributed by atoms with van der Waals surface area (Å²) in [5.74, 6) is 3.45. The molecule has 6 aromatic carbocycles. The Morgan fingerprint density at radius 1 is 0.566 bits per heavy atom. The van der Waals surface area contributed by atoms with Crippen LogP contribution in [-0.2, 0) is 10.8 Å². The molecule has 0 radical (unpaired) electrons. The topological polar surface area (TPSA) is 3.24 Å². The first-order chi connectivity index (χ1) is 26.0. The summed E-state index contributed by atoms with van der Waals surface area (Å²) in [6, 6.07) is 49.7. The molecule has 4 saturated carbocycles. The van der Waals surface area contributed by atoms with Crippen LogP contribution in [0.2, 0.25) is 0 Å². The molecule has 0 aliphatic heterocycles. The van der Waals surface area contributed by atoms with Crippen LogP contribution in [0.25, 0.3) is 42.4 Å². The maximum Gasteiger partial charge on any atom is 0.0543 e. The lowest BCUT2D eigenvalue weighted by Gasteiger charge is -2.54. The standard InChI is InChI=1S/C51H43NS/c1-49(2)40-13-6-3-10-35(40)36-22-20-34(27-43(36)49)52(33-21-23-46-39(26-33)37-11-5-8-17-45(37)53-46)44-16-9-15-42-48(44)38-12-4-7-14-41(38)51(42)31-19-18-30-24-32-25-47(51)50(32,28-30)29-31/h3-17,20-23,26-27,30-32,47H,18-19,24-25,28-29H2,1-2H3. The third kappa shape index (κ3) is 3.48. The maximum atomic E-state index is 2.64. The van der Waals surface area contributed by atoms with E-state index in [1.165, 1.54) is 109 Å². The van der Waals surface area contributed by atoms with Gasteiger partial charge in [0.05, 0.1) is 5.69 Å². The molecule has 53 heavy (non-hydrogen) atoms. The van der Waals surface area contributed by atoms with Gasteiger partial charge in [-0.2, -0.15) is 0 Å². The van der Waals surface area contributed by atoms with Crippen molar-refractivity contribution in [2.75, 3.05) is 4.90 Å². The molecule has 0 saturated heterocycles. The molecule has 2 heteroatoms. The van der Waals surface area contributed by atoms with Crippen molar-refractivity contribution in [2.24, 2.45) is 29.1 Å². The first kappa shape index (κ1) is 29.8. The number of thiophene rings is 1. The number of fused-ring (bicyclic) bond motifs is 15. The number of hydrogen-bond donors (Lipinski definition) is 0. The first-order valence-corrected chi connectivity index (χ1v) is 21.0. The molecule has 6 atom stereocenters. The Labute approximate surface area is 316 Å². The van der Waals surface area contributed by atoms with Crippen molar-refractivity contribution in [1.29, 1.82) is 0 Å². The van der Waals surface area contributed by atoms with E-state index in [1.54, 1.807) is 11.1 Å². The van der Waals surface area contributed by atoms with Gasteiger partial charge in [-0.1, -0.05) is 105 Å². The summed E-state index contributed by atoms with van der Waals surface area (Å²) in [5.41, 5.74) is 16.3. The van der Waals surface area contributed by atoms with Crippen molar-refractivity contribution >= 4 is 48.6 Å². The smallest absolute Gasteiger partial charge is 0.0543 e. The van der Waals surface area contributed by atoms with Gasteiger partial charge in [-0.3, -0.25) is 0 Å². The summed E-state index contributed by atoms with van der Waals surface area (Å²) in [7, 11) is 0. The minimum Gasteiger partial charge on any atom is -0.310 e. The van der Waals surface area contributed by atoms with Crippen LogP contribution in [0, 0.1) is 29.1 Å². The lowest BCUT2D eigenvalue weighted by atomic mass is 9.49. The molecule has 0 amide bonds. The lowest BCUT2D eigenvalue weighted by Crippen LogP contribution is -2.50.